The Bertz CT molecular complexity index is 1520. The van der Waals surface area contributed by atoms with Crippen LogP contribution in [0.5, 0.6) is 11.5 Å². The predicted molar refractivity (Wildman–Crippen MR) is 154 cm³/mol. The Hall–Kier alpha value is -4.71. The molecule has 13 heteroatoms. The Morgan fingerprint density at radius 3 is 2.47 bits per heavy atom. The van der Waals surface area contributed by atoms with Crippen LogP contribution in [0.3, 0.4) is 0 Å². The third-order valence-electron chi connectivity index (χ3n) is 6.68. The van der Waals surface area contributed by atoms with E-state index in [2.05, 4.69) is 15.8 Å². The average Bonchev–Trinajstić information content (AvgIpc) is 3.10. The highest BCUT2D eigenvalue weighted by Crippen LogP contribution is 2.27. The molecule has 1 heterocycles. The van der Waals surface area contributed by atoms with Crippen LogP contribution in [0.4, 0.5) is 13.6 Å². The number of benzene rings is 3. The number of halogens is 3. The van der Waals surface area contributed by atoms with E-state index in [4.69, 9.17) is 26.3 Å². The van der Waals surface area contributed by atoms with Crippen molar-refractivity contribution in [3.8, 4) is 11.5 Å². The van der Waals surface area contributed by atoms with Crippen LogP contribution in [0.25, 0.3) is 0 Å². The number of aliphatic imine (C=N–C) groups is 1. The third-order valence-corrected chi connectivity index (χ3v) is 6.91. The van der Waals surface area contributed by atoms with Crippen molar-refractivity contribution < 1.29 is 37.8 Å². The van der Waals surface area contributed by atoms with Gasteiger partial charge in [0.2, 0.25) is 5.91 Å². The van der Waals surface area contributed by atoms with E-state index in [9.17, 15) is 23.2 Å². The van der Waals surface area contributed by atoms with Gasteiger partial charge in [0, 0.05) is 23.2 Å². The summed E-state index contributed by atoms with van der Waals surface area (Å²) in [5, 5.41) is 12.2. The van der Waals surface area contributed by atoms with Crippen LogP contribution in [0.2, 0.25) is 5.02 Å². The van der Waals surface area contributed by atoms with Crippen LogP contribution < -0.4 is 20.4 Å². The van der Waals surface area contributed by atoms with Crippen LogP contribution >= 0.6 is 11.6 Å². The standard InChI is InChI=1S/C30H29ClF2N4O6/c1-17(19-5-3-18(4-6-19)9-28(38)39)35-30(41)37-16-27(36-43-25-13-23(32)12-24(33)14-25)34-15-21(29(37)40)10-20-11-22(31)7-8-26(20)42-2/h3-8,11-14,17,21H,9-10,15-16H2,1-2H3,(H,34,36)(H,35,41)(H,38,39)/t17?,21-/m1/s1. The van der Waals surface area contributed by atoms with Crippen LogP contribution in [-0.2, 0) is 22.4 Å². The van der Waals surface area contributed by atoms with Crippen LogP contribution in [0.1, 0.15) is 29.7 Å². The number of carboxylic acids is 1. The summed E-state index contributed by atoms with van der Waals surface area (Å²) < 4.78 is 32.7. The highest BCUT2D eigenvalue weighted by atomic mass is 35.5. The summed E-state index contributed by atoms with van der Waals surface area (Å²) in [4.78, 5) is 48.9. The van der Waals surface area contributed by atoms with Gasteiger partial charge in [-0.3, -0.25) is 19.5 Å². The molecule has 0 spiro atoms. The minimum absolute atomic E-state index is 0.0396. The van der Waals surface area contributed by atoms with Gasteiger partial charge in [0.25, 0.3) is 0 Å². The Morgan fingerprint density at radius 1 is 1.12 bits per heavy atom. The molecule has 0 fully saturated rings. The van der Waals surface area contributed by atoms with Gasteiger partial charge >= 0.3 is 12.0 Å². The first-order valence-electron chi connectivity index (χ1n) is 13.2. The number of nitrogens with zero attached hydrogens (tertiary/aromatic N) is 2. The van der Waals surface area contributed by atoms with E-state index in [0.717, 1.165) is 17.0 Å². The monoisotopic (exact) mass is 614 g/mol. The topological polar surface area (TPSA) is 130 Å². The lowest BCUT2D eigenvalue weighted by molar-refractivity contribution is -0.136. The first kappa shape index (κ1) is 31.2. The summed E-state index contributed by atoms with van der Waals surface area (Å²) in [7, 11) is 1.49. The molecule has 226 valence electrons. The number of rotatable bonds is 9. The Morgan fingerprint density at radius 2 is 1.81 bits per heavy atom. The molecule has 3 N–H and O–H groups in total. The van der Waals surface area contributed by atoms with Crippen molar-refractivity contribution in [2.24, 2.45) is 10.9 Å². The van der Waals surface area contributed by atoms with E-state index in [1.54, 1.807) is 49.4 Å². The van der Waals surface area contributed by atoms with Gasteiger partial charge in [-0.2, -0.15) is 0 Å². The smallest absolute Gasteiger partial charge is 0.325 e. The van der Waals surface area contributed by atoms with Crippen LogP contribution in [-0.4, -0.2) is 53.9 Å². The maximum atomic E-state index is 13.7. The molecule has 2 atom stereocenters. The number of hydroxylamine groups is 1. The van der Waals surface area contributed by atoms with E-state index >= 15 is 0 Å². The lowest BCUT2D eigenvalue weighted by Crippen LogP contribution is -2.50. The van der Waals surface area contributed by atoms with E-state index < -0.39 is 41.5 Å². The number of nitrogens with one attached hydrogen (secondary N) is 2. The summed E-state index contributed by atoms with van der Waals surface area (Å²) in [6.45, 7) is 1.35. The zero-order valence-corrected chi connectivity index (χ0v) is 24.0. The molecule has 0 aliphatic carbocycles. The molecule has 43 heavy (non-hydrogen) atoms. The second-order valence-electron chi connectivity index (χ2n) is 9.86. The number of carboxylic acid groups (broad SMARTS) is 1. The molecule has 4 rings (SSSR count). The molecule has 3 aromatic rings. The van der Waals surface area contributed by atoms with Crippen molar-refractivity contribution in [2.75, 3.05) is 20.2 Å². The molecular weight excluding hydrogens is 586 g/mol. The zero-order valence-electron chi connectivity index (χ0n) is 23.3. The van der Waals surface area contributed by atoms with Gasteiger partial charge in [-0.05, 0) is 48.2 Å². The molecule has 0 saturated carbocycles. The number of aliphatic carboxylic acids is 1. The normalized spacial score (nSPS) is 15.7. The number of ether oxygens (including phenoxy) is 1. The maximum Gasteiger partial charge on any atom is 0.325 e. The third kappa shape index (κ3) is 8.41. The van der Waals surface area contributed by atoms with Gasteiger partial charge in [0.05, 0.1) is 38.6 Å². The van der Waals surface area contributed by atoms with E-state index in [1.165, 1.54) is 7.11 Å². The number of amidine groups is 1. The average molecular weight is 615 g/mol. The van der Waals surface area contributed by atoms with Gasteiger partial charge in [0.1, 0.15) is 17.4 Å². The van der Waals surface area contributed by atoms with Gasteiger partial charge in [0.15, 0.2) is 11.6 Å². The number of urea groups is 1. The van der Waals surface area contributed by atoms with Crippen molar-refractivity contribution in [3.63, 3.8) is 0 Å². The Kier molecular flexibility index (Phi) is 10.1. The molecule has 1 unspecified atom stereocenters. The van der Waals surface area contributed by atoms with Crippen molar-refractivity contribution in [1.29, 1.82) is 0 Å². The van der Waals surface area contributed by atoms with E-state index in [-0.39, 0.29) is 37.5 Å². The Labute approximate surface area is 251 Å². The largest absolute Gasteiger partial charge is 0.496 e. The fourth-order valence-corrected chi connectivity index (χ4v) is 4.70. The molecule has 3 amide bonds. The minimum atomic E-state index is -0.962. The van der Waals surface area contributed by atoms with Crippen LogP contribution in [0, 0.1) is 17.6 Å². The molecule has 10 nitrogen and oxygen atoms in total. The highest BCUT2D eigenvalue weighted by molar-refractivity contribution is 6.30. The summed E-state index contributed by atoms with van der Waals surface area (Å²) in [6.07, 6.45) is 0.0151. The number of methoxy groups -OCH3 is 1. The Balaban J connectivity index is 1.56. The van der Waals surface area contributed by atoms with Crippen molar-refractivity contribution in [3.05, 3.63) is 94.0 Å². The lowest BCUT2D eigenvalue weighted by Gasteiger charge is -2.26. The van der Waals surface area contributed by atoms with Gasteiger partial charge in [-0.15, -0.1) is 0 Å². The fourth-order valence-electron chi connectivity index (χ4n) is 4.51. The number of imide groups is 1. The molecule has 0 radical (unpaired) electrons. The molecule has 1 aliphatic rings. The highest BCUT2D eigenvalue weighted by Gasteiger charge is 2.34. The second-order valence-corrected chi connectivity index (χ2v) is 10.3. The van der Waals surface area contributed by atoms with Crippen LogP contribution in [0.15, 0.2) is 65.7 Å². The first-order chi connectivity index (χ1) is 20.5. The maximum absolute atomic E-state index is 13.7. The number of hydrogen-bond acceptors (Lipinski definition) is 7. The van der Waals surface area contributed by atoms with E-state index in [1.807, 2.05) is 0 Å². The number of amides is 3. The number of hydrogen-bond donors (Lipinski definition) is 3. The summed E-state index contributed by atoms with van der Waals surface area (Å²) in [5.41, 5.74) is 4.44. The lowest BCUT2D eigenvalue weighted by atomic mass is 9.97. The quantitative estimate of drug-likeness (QED) is 0.298. The molecule has 1 aliphatic heterocycles. The van der Waals surface area contributed by atoms with Crippen molar-refractivity contribution in [2.45, 2.75) is 25.8 Å². The van der Waals surface area contributed by atoms with Gasteiger partial charge < -0.3 is 20.0 Å². The van der Waals surface area contributed by atoms with E-state index in [0.29, 0.717) is 33.5 Å². The molecule has 0 saturated heterocycles. The van der Waals surface area contributed by atoms with Gasteiger partial charge in [-0.25, -0.2) is 19.1 Å². The molecule has 3 aromatic carbocycles. The fraction of sp³-hybridized carbons (Fsp3) is 0.267. The predicted octanol–water partition coefficient (Wildman–Crippen LogP) is 4.71. The SMILES string of the molecule is COc1ccc(Cl)cc1C[C@@H]1CN=C(NOc2cc(F)cc(F)c2)CN(C(=O)NC(C)c2ccc(CC(=O)O)cc2)C1=O. The summed E-state index contributed by atoms with van der Waals surface area (Å²) in [5.74, 6) is -3.58. The molecule has 0 aromatic heterocycles. The van der Waals surface area contributed by atoms with Crippen molar-refractivity contribution >= 4 is 35.3 Å². The minimum Gasteiger partial charge on any atom is -0.496 e. The number of carbonyl (C=O) groups excluding carboxylic acids is 2. The number of carbonyl (C=O) groups is 3. The summed E-state index contributed by atoms with van der Waals surface area (Å²) in [6, 6.07) is 13.0. The van der Waals surface area contributed by atoms with Gasteiger partial charge in [-0.1, -0.05) is 35.9 Å². The first-order valence-corrected chi connectivity index (χ1v) is 13.6. The molecular formula is C30H29ClF2N4O6. The summed E-state index contributed by atoms with van der Waals surface area (Å²) >= 11 is 6.18. The second kappa shape index (κ2) is 14.0. The van der Waals surface area contributed by atoms with Crippen molar-refractivity contribution in [1.82, 2.24) is 15.7 Å². The molecule has 0 bridgehead atoms. The zero-order chi connectivity index (χ0) is 31.1.